The van der Waals surface area contributed by atoms with E-state index in [2.05, 4.69) is 10.1 Å². The molecule has 0 saturated carbocycles. The standard InChI is InChI=1S/C14H18N4OS/c1-11(18-9-4-6-16-18)14(19)17-8-3-2-5-12(17)13-15-7-10-20-13/h4,6-7,9-12H,2-3,5,8H2,1H3/t11-,12-/m0/s1. The fourth-order valence-corrected chi connectivity index (χ4v) is 3.50. The molecule has 1 aliphatic rings. The number of nitrogens with zero attached hydrogens (tertiary/aromatic N) is 4. The lowest BCUT2D eigenvalue weighted by atomic mass is 10.0. The number of carbonyl (C=O) groups is 1. The molecule has 0 N–H and O–H groups in total. The van der Waals surface area contributed by atoms with Gasteiger partial charge in [0.05, 0.1) is 6.04 Å². The van der Waals surface area contributed by atoms with Crippen LogP contribution in [-0.2, 0) is 4.79 Å². The van der Waals surface area contributed by atoms with Crippen molar-refractivity contribution in [3.63, 3.8) is 0 Å². The van der Waals surface area contributed by atoms with Crippen LogP contribution in [0, 0.1) is 0 Å². The first kappa shape index (κ1) is 13.3. The van der Waals surface area contributed by atoms with Crippen LogP contribution in [0.15, 0.2) is 30.0 Å². The van der Waals surface area contributed by atoms with Crippen LogP contribution in [-0.4, -0.2) is 32.1 Å². The number of aromatic nitrogens is 3. The lowest BCUT2D eigenvalue weighted by Gasteiger charge is -2.36. The van der Waals surface area contributed by atoms with E-state index in [4.69, 9.17) is 0 Å². The summed E-state index contributed by atoms with van der Waals surface area (Å²) in [7, 11) is 0. The Morgan fingerprint density at radius 1 is 1.45 bits per heavy atom. The van der Waals surface area contributed by atoms with E-state index < -0.39 is 0 Å². The minimum absolute atomic E-state index is 0.133. The number of carbonyl (C=O) groups excluding carboxylic acids is 1. The highest BCUT2D eigenvalue weighted by Gasteiger charge is 2.32. The van der Waals surface area contributed by atoms with E-state index in [1.807, 2.05) is 35.7 Å². The molecule has 2 atom stereocenters. The van der Waals surface area contributed by atoms with Crippen LogP contribution in [0.25, 0.3) is 0 Å². The number of amides is 1. The summed E-state index contributed by atoms with van der Waals surface area (Å²) in [4.78, 5) is 19.1. The van der Waals surface area contributed by atoms with Crippen LogP contribution >= 0.6 is 11.3 Å². The second-order valence-electron chi connectivity index (χ2n) is 5.08. The van der Waals surface area contributed by atoms with Crippen LogP contribution in [0.3, 0.4) is 0 Å². The smallest absolute Gasteiger partial charge is 0.247 e. The van der Waals surface area contributed by atoms with Gasteiger partial charge in [-0.15, -0.1) is 11.3 Å². The minimum atomic E-state index is -0.259. The Kier molecular flexibility index (Phi) is 3.82. The van der Waals surface area contributed by atoms with Gasteiger partial charge in [-0.1, -0.05) is 0 Å². The van der Waals surface area contributed by atoms with Gasteiger partial charge >= 0.3 is 0 Å². The van der Waals surface area contributed by atoms with E-state index in [-0.39, 0.29) is 18.0 Å². The van der Waals surface area contributed by atoms with Gasteiger partial charge in [0.25, 0.3) is 0 Å². The second kappa shape index (κ2) is 5.75. The van der Waals surface area contributed by atoms with E-state index in [1.54, 1.807) is 22.2 Å². The van der Waals surface area contributed by atoms with Crippen molar-refractivity contribution in [2.24, 2.45) is 0 Å². The summed E-state index contributed by atoms with van der Waals surface area (Å²) >= 11 is 1.63. The first-order chi connectivity index (χ1) is 9.77. The van der Waals surface area contributed by atoms with Gasteiger partial charge in [0.2, 0.25) is 5.91 Å². The fourth-order valence-electron chi connectivity index (χ4n) is 2.71. The molecule has 20 heavy (non-hydrogen) atoms. The zero-order valence-electron chi connectivity index (χ0n) is 11.5. The molecule has 1 saturated heterocycles. The number of hydrogen-bond donors (Lipinski definition) is 0. The Hall–Kier alpha value is -1.69. The monoisotopic (exact) mass is 290 g/mol. The van der Waals surface area contributed by atoms with E-state index in [0.717, 1.165) is 30.8 Å². The van der Waals surface area contributed by atoms with Crippen molar-refractivity contribution >= 4 is 17.2 Å². The van der Waals surface area contributed by atoms with E-state index >= 15 is 0 Å². The van der Waals surface area contributed by atoms with Crippen molar-refractivity contribution in [1.82, 2.24) is 19.7 Å². The Morgan fingerprint density at radius 3 is 3.05 bits per heavy atom. The highest BCUT2D eigenvalue weighted by Crippen LogP contribution is 2.33. The molecule has 1 fully saturated rings. The van der Waals surface area contributed by atoms with Crippen molar-refractivity contribution < 1.29 is 4.79 Å². The van der Waals surface area contributed by atoms with E-state index in [0.29, 0.717) is 0 Å². The summed E-state index contributed by atoms with van der Waals surface area (Å²) in [5.41, 5.74) is 0. The molecule has 1 amide bonds. The highest BCUT2D eigenvalue weighted by molar-refractivity contribution is 7.09. The minimum Gasteiger partial charge on any atom is -0.331 e. The molecule has 2 aromatic rings. The van der Waals surface area contributed by atoms with Gasteiger partial charge in [-0.3, -0.25) is 9.48 Å². The zero-order chi connectivity index (χ0) is 13.9. The van der Waals surface area contributed by atoms with Gasteiger partial charge in [-0.2, -0.15) is 5.10 Å². The number of piperidine rings is 1. The molecule has 3 rings (SSSR count). The van der Waals surface area contributed by atoms with Crippen molar-refractivity contribution in [2.75, 3.05) is 6.54 Å². The summed E-state index contributed by atoms with van der Waals surface area (Å²) in [6.07, 6.45) is 8.59. The number of rotatable bonds is 3. The third-order valence-corrected chi connectivity index (χ3v) is 4.68. The second-order valence-corrected chi connectivity index (χ2v) is 6.00. The van der Waals surface area contributed by atoms with Crippen LogP contribution < -0.4 is 0 Å². The third kappa shape index (κ3) is 2.47. The van der Waals surface area contributed by atoms with Gasteiger partial charge in [-0.25, -0.2) is 4.98 Å². The maximum Gasteiger partial charge on any atom is 0.247 e. The Labute approximate surface area is 122 Å². The number of thiazole rings is 1. The predicted molar refractivity (Wildman–Crippen MR) is 77.4 cm³/mol. The van der Waals surface area contributed by atoms with Crippen LogP contribution in [0.2, 0.25) is 0 Å². The molecule has 0 radical (unpaired) electrons. The molecule has 3 heterocycles. The maximum absolute atomic E-state index is 12.7. The van der Waals surface area contributed by atoms with Crippen molar-refractivity contribution in [3.8, 4) is 0 Å². The normalized spacial score (nSPS) is 20.9. The largest absolute Gasteiger partial charge is 0.331 e. The van der Waals surface area contributed by atoms with Gasteiger partial charge in [0.1, 0.15) is 11.0 Å². The summed E-state index contributed by atoms with van der Waals surface area (Å²) < 4.78 is 1.72. The van der Waals surface area contributed by atoms with Crippen molar-refractivity contribution in [2.45, 2.75) is 38.3 Å². The molecule has 0 aromatic carbocycles. The molecule has 0 unspecified atom stereocenters. The van der Waals surface area contributed by atoms with Crippen LogP contribution in [0.5, 0.6) is 0 Å². The average molecular weight is 290 g/mol. The first-order valence-corrected chi connectivity index (χ1v) is 7.84. The third-order valence-electron chi connectivity index (χ3n) is 3.80. The van der Waals surface area contributed by atoms with Gasteiger partial charge < -0.3 is 4.90 Å². The Balaban J connectivity index is 1.81. The molecule has 6 heteroatoms. The Bertz CT molecular complexity index is 552. The van der Waals surface area contributed by atoms with Gasteiger partial charge in [-0.05, 0) is 32.3 Å². The van der Waals surface area contributed by atoms with Crippen LogP contribution in [0.4, 0.5) is 0 Å². The topological polar surface area (TPSA) is 51.0 Å². The van der Waals surface area contributed by atoms with Crippen molar-refractivity contribution in [3.05, 3.63) is 35.0 Å². The summed E-state index contributed by atoms with van der Waals surface area (Å²) in [6, 6.07) is 1.72. The molecule has 1 aliphatic heterocycles. The predicted octanol–water partition coefficient (Wildman–Crippen LogP) is 2.65. The maximum atomic E-state index is 12.7. The lowest BCUT2D eigenvalue weighted by Crippen LogP contribution is -2.42. The molecular weight excluding hydrogens is 272 g/mol. The average Bonchev–Trinajstić information content (AvgIpc) is 3.18. The summed E-state index contributed by atoms with van der Waals surface area (Å²) in [5, 5.41) is 7.20. The fraction of sp³-hybridized carbons (Fsp3) is 0.500. The van der Waals surface area contributed by atoms with Gasteiger partial charge in [0, 0.05) is 30.5 Å². The summed E-state index contributed by atoms with van der Waals surface area (Å²) in [5.74, 6) is 0.133. The van der Waals surface area contributed by atoms with E-state index in [9.17, 15) is 4.79 Å². The summed E-state index contributed by atoms with van der Waals surface area (Å²) in [6.45, 7) is 2.72. The molecule has 106 valence electrons. The van der Waals surface area contributed by atoms with Crippen LogP contribution in [0.1, 0.15) is 43.3 Å². The molecule has 0 spiro atoms. The molecule has 0 aliphatic carbocycles. The quantitative estimate of drug-likeness (QED) is 0.873. The lowest BCUT2D eigenvalue weighted by molar-refractivity contribution is -0.138. The zero-order valence-corrected chi connectivity index (χ0v) is 12.3. The highest BCUT2D eigenvalue weighted by atomic mass is 32.1. The molecule has 5 nitrogen and oxygen atoms in total. The van der Waals surface area contributed by atoms with Crippen molar-refractivity contribution in [1.29, 1.82) is 0 Å². The Morgan fingerprint density at radius 2 is 2.35 bits per heavy atom. The molecule has 2 aromatic heterocycles. The first-order valence-electron chi connectivity index (χ1n) is 6.96. The SMILES string of the molecule is C[C@@H](C(=O)N1CCCC[C@H]1c1nccs1)n1cccn1. The molecular formula is C14H18N4OS. The van der Waals surface area contributed by atoms with Gasteiger partial charge in [0.15, 0.2) is 0 Å². The van der Waals surface area contributed by atoms with E-state index in [1.165, 1.54) is 0 Å². The number of hydrogen-bond acceptors (Lipinski definition) is 4. The molecule has 0 bridgehead atoms. The number of likely N-dealkylation sites (tertiary alicyclic amines) is 1.